The Hall–Kier alpha value is -2.36. The van der Waals surface area contributed by atoms with Crippen LogP contribution >= 0.6 is 0 Å². The third-order valence-electron chi connectivity index (χ3n) is 3.51. The summed E-state index contributed by atoms with van der Waals surface area (Å²) in [5, 5.41) is 8.80. The van der Waals surface area contributed by atoms with Gasteiger partial charge in [0.15, 0.2) is 0 Å². The van der Waals surface area contributed by atoms with Crippen molar-refractivity contribution in [2.75, 3.05) is 18.0 Å². The van der Waals surface area contributed by atoms with Gasteiger partial charge in [-0.3, -0.25) is 4.55 Å². The minimum absolute atomic E-state index is 0.106. The molecule has 6 heteroatoms. The second kappa shape index (κ2) is 7.77. The lowest BCUT2D eigenvalue weighted by Gasteiger charge is -2.23. The lowest BCUT2D eigenvalue weighted by Crippen LogP contribution is -2.26. The fraction of sp³-hybridized carbons (Fsp3) is 0.235. The summed E-state index contributed by atoms with van der Waals surface area (Å²) in [6.07, 6.45) is 1.16. The number of rotatable bonds is 7. The van der Waals surface area contributed by atoms with E-state index in [-0.39, 0.29) is 4.90 Å². The average Bonchev–Trinajstić information content (AvgIpc) is 2.55. The van der Waals surface area contributed by atoms with Crippen molar-refractivity contribution in [1.82, 2.24) is 0 Å². The second-order valence-corrected chi connectivity index (χ2v) is 6.52. The van der Waals surface area contributed by atoms with Gasteiger partial charge in [0.05, 0.1) is 17.4 Å². The van der Waals surface area contributed by atoms with E-state index in [0.717, 1.165) is 17.8 Å². The van der Waals surface area contributed by atoms with E-state index in [0.29, 0.717) is 19.4 Å². The summed E-state index contributed by atoms with van der Waals surface area (Å²) >= 11 is 0. The maximum Gasteiger partial charge on any atom is 0.294 e. The molecule has 0 aromatic heterocycles. The van der Waals surface area contributed by atoms with Gasteiger partial charge in [-0.1, -0.05) is 30.3 Å². The van der Waals surface area contributed by atoms with E-state index in [1.807, 2.05) is 30.3 Å². The summed E-state index contributed by atoms with van der Waals surface area (Å²) in [5.74, 6) is 0. The monoisotopic (exact) mass is 330 g/mol. The Morgan fingerprint density at radius 1 is 1.00 bits per heavy atom. The van der Waals surface area contributed by atoms with Crippen LogP contribution in [0.15, 0.2) is 59.5 Å². The molecular formula is C17H18N2O3S. The van der Waals surface area contributed by atoms with Crippen LogP contribution in [0.3, 0.4) is 0 Å². The van der Waals surface area contributed by atoms with Gasteiger partial charge in [-0.15, -0.1) is 0 Å². The molecule has 0 fully saturated rings. The zero-order valence-electron chi connectivity index (χ0n) is 12.6. The predicted octanol–water partition coefficient (Wildman–Crippen LogP) is 2.90. The van der Waals surface area contributed by atoms with E-state index in [1.165, 1.54) is 12.1 Å². The molecule has 0 unspecified atom stereocenters. The Labute approximate surface area is 136 Å². The van der Waals surface area contributed by atoms with Crippen molar-refractivity contribution in [3.8, 4) is 6.07 Å². The van der Waals surface area contributed by atoms with Crippen molar-refractivity contribution in [2.24, 2.45) is 0 Å². The summed E-state index contributed by atoms with van der Waals surface area (Å²) in [7, 11) is -4.15. The van der Waals surface area contributed by atoms with Crippen LogP contribution in [-0.2, 0) is 16.5 Å². The van der Waals surface area contributed by atoms with Gasteiger partial charge in [-0.25, -0.2) is 0 Å². The first-order valence-corrected chi connectivity index (χ1v) is 8.68. The molecule has 0 saturated heterocycles. The number of benzene rings is 2. The Morgan fingerprint density at radius 3 is 2.22 bits per heavy atom. The maximum atomic E-state index is 11.0. The molecule has 23 heavy (non-hydrogen) atoms. The van der Waals surface area contributed by atoms with Gasteiger partial charge < -0.3 is 4.90 Å². The van der Waals surface area contributed by atoms with Gasteiger partial charge in [0.2, 0.25) is 0 Å². The van der Waals surface area contributed by atoms with Crippen LogP contribution in [0, 0.1) is 11.3 Å². The predicted molar refractivity (Wildman–Crippen MR) is 88.8 cm³/mol. The smallest absolute Gasteiger partial charge is 0.294 e. The molecule has 0 spiro atoms. The number of hydrogen-bond donors (Lipinski definition) is 1. The molecule has 120 valence electrons. The molecule has 0 heterocycles. The topological polar surface area (TPSA) is 81.4 Å². The summed E-state index contributed by atoms with van der Waals surface area (Å²) in [5.41, 5.74) is 2.02. The van der Waals surface area contributed by atoms with E-state index < -0.39 is 10.1 Å². The molecule has 1 N–H and O–H groups in total. The fourth-order valence-electron chi connectivity index (χ4n) is 2.29. The van der Waals surface area contributed by atoms with Crippen molar-refractivity contribution >= 4 is 15.8 Å². The number of para-hydroxylation sites is 1. The molecule has 0 aliphatic rings. The number of anilines is 1. The van der Waals surface area contributed by atoms with Crippen molar-refractivity contribution < 1.29 is 13.0 Å². The van der Waals surface area contributed by atoms with Gasteiger partial charge in [0, 0.05) is 18.8 Å². The average molecular weight is 330 g/mol. The van der Waals surface area contributed by atoms with E-state index in [4.69, 9.17) is 9.81 Å². The molecule has 2 rings (SSSR count). The molecule has 0 amide bonds. The molecule has 0 bridgehead atoms. The molecule has 5 nitrogen and oxygen atoms in total. The normalized spacial score (nSPS) is 11.0. The lowest BCUT2D eigenvalue weighted by atomic mass is 10.1. The molecule has 2 aromatic rings. The van der Waals surface area contributed by atoms with Gasteiger partial charge in [0.1, 0.15) is 0 Å². The minimum atomic E-state index is -4.15. The van der Waals surface area contributed by atoms with Crippen molar-refractivity contribution in [2.45, 2.75) is 17.7 Å². The quantitative estimate of drug-likeness (QED) is 0.789. The molecule has 2 aromatic carbocycles. The Balaban J connectivity index is 2.05. The van der Waals surface area contributed by atoms with Crippen LogP contribution in [0.25, 0.3) is 0 Å². The lowest BCUT2D eigenvalue weighted by molar-refractivity contribution is 0.483. The van der Waals surface area contributed by atoms with Crippen LogP contribution in [-0.4, -0.2) is 26.1 Å². The van der Waals surface area contributed by atoms with E-state index in [1.54, 1.807) is 12.1 Å². The first-order chi connectivity index (χ1) is 11.0. The van der Waals surface area contributed by atoms with E-state index in [9.17, 15) is 8.42 Å². The Bertz CT molecular complexity index is 766. The standard InChI is InChI=1S/C17H18N2O3S/c18-12-4-13-19(16-5-2-1-3-6-16)14-11-15-7-9-17(10-8-15)23(20,21)22/h1-3,5-10H,4,11,13-14H2,(H,20,21,22). The zero-order chi connectivity index (χ0) is 16.7. The van der Waals surface area contributed by atoms with Crippen molar-refractivity contribution in [1.29, 1.82) is 5.26 Å². The number of nitriles is 1. The Kier molecular flexibility index (Phi) is 5.74. The number of nitrogens with zero attached hydrogens (tertiary/aromatic N) is 2. The zero-order valence-corrected chi connectivity index (χ0v) is 13.4. The largest absolute Gasteiger partial charge is 0.370 e. The van der Waals surface area contributed by atoms with Crippen LogP contribution in [0.4, 0.5) is 5.69 Å². The van der Waals surface area contributed by atoms with Crippen molar-refractivity contribution in [3.63, 3.8) is 0 Å². The van der Waals surface area contributed by atoms with Gasteiger partial charge in [-0.2, -0.15) is 13.7 Å². The number of hydrogen-bond acceptors (Lipinski definition) is 4. The first-order valence-electron chi connectivity index (χ1n) is 7.24. The van der Waals surface area contributed by atoms with Crippen LogP contribution in [0.2, 0.25) is 0 Å². The Morgan fingerprint density at radius 2 is 1.65 bits per heavy atom. The molecular weight excluding hydrogens is 312 g/mol. The molecule has 0 saturated carbocycles. The molecule has 0 aliphatic carbocycles. The van der Waals surface area contributed by atoms with Crippen LogP contribution in [0.5, 0.6) is 0 Å². The highest BCUT2D eigenvalue weighted by Gasteiger charge is 2.10. The minimum Gasteiger partial charge on any atom is -0.370 e. The van der Waals surface area contributed by atoms with Crippen LogP contribution < -0.4 is 4.90 Å². The van der Waals surface area contributed by atoms with Crippen molar-refractivity contribution in [3.05, 3.63) is 60.2 Å². The van der Waals surface area contributed by atoms with Crippen LogP contribution in [0.1, 0.15) is 12.0 Å². The summed E-state index contributed by atoms with van der Waals surface area (Å²) < 4.78 is 31.0. The highest BCUT2D eigenvalue weighted by atomic mass is 32.2. The molecule has 0 atom stereocenters. The fourth-order valence-corrected chi connectivity index (χ4v) is 2.77. The summed E-state index contributed by atoms with van der Waals surface area (Å²) in [4.78, 5) is 2.02. The van der Waals surface area contributed by atoms with Gasteiger partial charge in [0.25, 0.3) is 10.1 Å². The summed E-state index contributed by atoms with van der Waals surface area (Å²) in [6.45, 7) is 1.36. The summed E-state index contributed by atoms with van der Waals surface area (Å²) in [6, 6.07) is 18.2. The molecule has 0 radical (unpaired) electrons. The van der Waals surface area contributed by atoms with Gasteiger partial charge in [-0.05, 0) is 36.2 Å². The third-order valence-corrected chi connectivity index (χ3v) is 4.37. The highest BCUT2D eigenvalue weighted by molar-refractivity contribution is 7.85. The molecule has 0 aliphatic heterocycles. The second-order valence-electron chi connectivity index (χ2n) is 5.10. The van der Waals surface area contributed by atoms with E-state index in [2.05, 4.69) is 11.0 Å². The third kappa shape index (κ3) is 5.09. The SMILES string of the molecule is N#CCCN(CCc1ccc(S(=O)(=O)O)cc1)c1ccccc1. The van der Waals surface area contributed by atoms with Gasteiger partial charge >= 0.3 is 0 Å². The maximum absolute atomic E-state index is 11.0. The first kappa shape index (κ1) is 17.0. The highest BCUT2D eigenvalue weighted by Crippen LogP contribution is 2.16. The van der Waals surface area contributed by atoms with E-state index >= 15 is 0 Å².